The van der Waals surface area contributed by atoms with Crippen molar-refractivity contribution in [3.63, 3.8) is 0 Å². The molecule has 0 aliphatic carbocycles. The Morgan fingerprint density at radius 1 is 1.33 bits per heavy atom. The van der Waals surface area contributed by atoms with E-state index in [0.717, 1.165) is 31.5 Å². The van der Waals surface area contributed by atoms with Crippen LogP contribution in [0.15, 0.2) is 22.6 Å². The van der Waals surface area contributed by atoms with Gasteiger partial charge in [0.15, 0.2) is 17.2 Å². The van der Waals surface area contributed by atoms with Crippen LogP contribution >= 0.6 is 0 Å². The number of likely N-dealkylation sites (tertiary alicyclic amines) is 1. The molecule has 1 aliphatic rings. The number of carbonyl (C=O) groups is 1. The number of hydrogen-bond acceptors (Lipinski definition) is 2. The van der Waals surface area contributed by atoms with E-state index >= 15 is 0 Å². The maximum absolute atomic E-state index is 13.6. The van der Waals surface area contributed by atoms with Gasteiger partial charge in [0.25, 0.3) is 5.91 Å². The second kappa shape index (κ2) is 4.12. The molecular formula is C14H14FNO2. The molecule has 4 heteroatoms. The highest BCUT2D eigenvalue weighted by Crippen LogP contribution is 2.28. The van der Waals surface area contributed by atoms with E-state index in [1.165, 1.54) is 6.07 Å². The van der Waals surface area contributed by atoms with E-state index in [4.69, 9.17) is 4.42 Å². The number of furan rings is 1. The third-order valence-electron chi connectivity index (χ3n) is 3.50. The number of nitrogens with zero attached hydrogens (tertiary/aromatic N) is 1. The minimum atomic E-state index is -0.420. The Kier molecular flexibility index (Phi) is 2.58. The lowest BCUT2D eigenvalue weighted by atomic mass is 10.1. The Labute approximate surface area is 104 Å². The highest BCUT2D eigenvalue weighted by atomic mass is 19.1. The van der Waals surface area contributed by atoms with Gasteiger partial charge < -0.3 is 9.32 Å². The summed E-state index contributed by atoms with van der Waals surface area (Å²) in [5.41, 5.74) is 0.902. The van der Waals surface area contributed by atoms with Crippen LogP contribution < -0.4 is 0 Å². The quantitative estimate of drug-likeness (QED) is 0.775. The molecule has 0 unspecified atom stereocenters. The van der Waals surface area contributed by atoms with Gasteiger partial charge in [-0.15, -0.1) is 0 Å². The first-order valence-electron chi connectivity index (χ1n) is 6.15. The first-order chi connectivity index (χ1) is 8.68. The van der Waals surface area contributed by atoms with Gasteiger partial charge in [-0.3, -0.25) is 4.79 Å². The fraction of sp³-hybridized carbons (Fsp3) is 0.357. The number of carbonyl (C=O) groups excluding carboxylic acids is 1. The van der Waals surface area contributed by atoms with Gasteiger partial charge in [-0.25, -0.2) is 4.39 Å². The van der Waals surface area contributed by atoms with Gasteiger partial charge in [0.2, 0.25) is 0 Å². The molecule has 1 aliphatic heterocycles. The molecule has 2 heterocycles. The first-order valence-corrected chi connectivity index (χ1v) is 6.15. The summed E-state index contributed by atoms with van der Waals surface area (Å²) in [4.78, 5) is 14.0. The topological polar surface area (TPSA) is 33.5 Å². The smallest absolute Gasteiger partial charge is 0.289 e. The number of rotatable bonds is 1. The Morgan fingerprint density at radius 3 is 2.72 bits per heavy atom. The van der Waals surface area contributed by atoms with Gasteiger partial charge >= 0.3 is 0 Å². The zero-order valence-corrected chi connectivity index (χ0v) is 10.2. The molecule has 0 N–H and O–H groups in total. The molecule has 1 saturated heterocycles. The molecule has 0 saturated carbocycles. The van der Waals surface area contributed by atoms with Crippen molar-refractivity contribution < 1.29 is 13.6 Å². The Bertz CT molecular complexity index is 612. The van der Waals surface area contributed by atoms with Crippen LogP contribution in [0.5, 0.6) is 0 Å². The fourth-order valence-corrected chi connectivity index (χ4v) is 2.48. The van der Waals surface area contributed by atoms with Crippen LogP contribution in [0.25, 0.3) is 11.0 Å². The molecule has 0 atom stereocenters. The number of amides is 1. The molecule has 0 spiro atoms. The normalized spacial score (nSPS) is 15.6. The van der Waals surface area contributed by atoms with E-state index in [2.05, 4.69) is 0 Å². The van der Waals surface area contributed by atoms with Crippen LogP contribution in [0.3, 0.4) is 0 Å². The predicted molar refractivity (Wildman–Crippen MR) is 66.0 cm³/mol. The zero-order valence-electron chi connectivity index (χ0n) is 10.2. The van der Waals surface area contributed by atoms with Crippen molar-refractivity contribution in [1.82, 2.24) is 4.90 Å². The minimum Gasteiger partial charge on any atom is -0.448 e. The standard InChI is InChI=1S/C14H14FNO2/c1-9-10-5-4-6-11(15)13(10)18-12(9)14(17)16-7-2-3-8-16/h4-6H,2-3,7-8H2,1H3. The van der Waals surface area contributed by atoms with E-state index in [9.17, 15) is 9.18 Å². The van der Waals surface area contributed by atoms with Crippen LogP contribution in [0.2, 0.25) is 0 Å². The van der Waals surface area contributed by atoms with Gasteiger partial charge in [0, 0.05) is 24.0 Å². The molecular weight excluding hydrogens is 233 g/mol. The van der Waals surface area contributed by atoms with E-state index in [0.29, 0.717) is 5.39 Å². The zero-order chi connectivity index (χ0) is 12.7. The largest absolute Gasteiger partial charge is 0.448 e. The van der Waals surface area contributed by atoms with Crippen molar-refractivity contribution in [2.75, 3.05) is 13.1 Å². The van der Waals surface area contributed by atoms with Gasteiger partial charge in [0.05, 0.1) is 0 Å². The maximum Gasteiger partial charge on any atom is 0.289 e. The summed E-state index contributed by atoms with van der Waals surface area (Å²) in [6.45, 7) is 3.32. The third-order valence-corrected chi connectivity index (χ3v) is 3.50. The van der Waals surface area contributed by atoms with Crippen molar-refractivity contribution in [3.8, 4) is 0 Å². The molecule has 3 nitrogen and oxygen atoms in total. The van der Waals surface area contributed by atoms with E-state index in [1.807, 2.05) is 0 Å². The number of aryl methyl sites for hydroxylation is 1. The number of benzene rings is 1. The highest BCUT2D eigenvalue weighted by Gasteiger charge is 2.25. The Morgan fingerprint density at radius 2 is 2.06 bits per heavy atom. The molecule has 3 rings (SSSR count). The van der Waals surface area contributed by atoms with Crippen molar-refractivity contribution in [1.29, 1.82) is 0 Å². The average molecular weight is 247 g/mol. The van der Waals surface area contributed by atoms with E-state index in [-0.39, 0.29) is 17.3 Å². The van der Waals surface area contributed by atoms with Gasteiger partial charge in [-0.2, -0.15) is 0 Å². The SMILES string of the molecule is Cc1c(C(=O)N2CCCC2)oc2c(F)cccc12. The second-order valence-electron chi connectivity index (χ2n) is 4.67. The lowest BCUT2D eigenvalue weighted by Gasteiger charge is -2.13. The maximum atomic E-state index is 13.6. The number of fused-ring (bicyclic) bond motifs is 1. The fourth-order valence-electron chi connectivity index (χ4n) is 2.48. The van der Waals surface area contributed by atoms with Crippen LogP contribution in [0.4, 0.5) is 4.39 Å². The van der Waals surface area contributed by atoms with Gasteiger partial charge in [0.1, 0.15) is 0 Å². The number of halogens is 1. The van der Waals surface area contributed by atoms with Crippen LogP contribution in [0, 0.1) is 12.7 Å². The first kappa shape index (κ1) is 11.3. The monoisotopic (exact) mass is 247 g/mol. The van der Waals surface area contributed by atoms with Crippen LogP contribution in [0.1, 0.15) is 29.0 Å². The second-order valence-corrected chi connectivity index (χ2v) is 4.67. The molecule has 1 fully saturated rings. The summed E-state index contributed by atoms with van der Waals surface area (Å²) in [7, 11) is 0. The van der Waals surface area contributed by atoms with E-state index in [1.54, 1.807) is 24.0 Å². The summed E-state index contributed by atoms with van der Waals surface area (Å²) in [5.74, 6) is -0.270. The van der Waals surface area contributed by atoms with Gasteiger partial charge in [-0.1, -0.05) is 12.1 Å². The summed E-state index contributed by atoms with van der Waals surface area (Å²) in [6, 6.07) is 4.75. The van der Waals surface area contributed by atoms with Crippen LogP contribution in [-0.2, 0) is 0 Å². The van der Waals surface area contributed by atoms with Gasteiger partial charge in [-0.05, 0) is 25.8 Å². The molecule has 2 aromatic rings. The average Bonchev–Trinajstić information content (AvgIpc) is 2.98. The van der Waals surface area contributed by atoms with Crippen molar-refractivity contribution in [2.45, 2.75) is 19.8 Å². The molecule has 94 valence electrons. The Hall–Kier alpha value is -1.84. The molecule has 1 aromatic carbocycles. The molecule has 0 radical (unpaired) electrons. The lowest BCUT2D eigenvalue weighted by molar-refractivity contribution is 0.0762. The number of para-hydroxylation sites is 1. The summed E-state index contributed by atoms with van der Waals surface area (Å²) >= 11 is 0. The molecule has 18 heavy (non-hydrogen) atoms. The Balaban J connectivity index is 2.09. The summed E-state index contributed by atoms with van der Waals surface area (Å²) < 4.78 is 19.0. The molecule has 0 bridgehead atoms. The van der Waals surface area contributed by atoms with E-state index < -0.39 is 5.82 Å². The van der Waals surface area contributed by atoms with Crippen LogP contribution in [-0.4, -0.2) is 23.9 Å². The lowest BCUT2D eigenvalue weighted by Crippen LogP contribution is -2.27. The molecule has 1 aromatic heterocycles. The van der Waals surface area contributed by atoms with Crippen molar-refractivity contribution in [2.24, 2.45) is 0 Å². The molecule has 1 amide bonds. The van der Waals surface area contributed by atoms with Crippen molar-refractivity contribution >= 4 is 16.9 Å². The number of hydrogen-bond donors (Lipinski definition) is 0. The summed E-state index contributed by atoms with van der Waals surface area (Å²) in [5, 5.41) is 0.678. The third kappa shape index (κ3) is 1.60. The highest BCUT2D eigenvalue weighted by molar-refractivity contribution is 5.99. The summed E-state index contributed by atoms with van der Waals surface area (Å²) in [6.07, 6.45) is 2.05. The predicted octanol–water partition coefficient (Wildman–Crippen LogP) is 3.12. The van der Waals surface area contributed by atoms with Crippen molar-refractivity contribution in [3.05, 3.63) is 35.3 Å². The minimum absolute atomic E-state index is 0.124.